The highest BCUT2D eigenvalue weighted by Gasteiger charge is 2.34. The number of hydrogen-bond acceptors (Lipinski definition) is 5. The minimum atomic E-state index is -3.42. The second kappa shape index (κ2) is 7.40. The summed E-state index contributed by atoms with van der Waals surface area (Å²) >= 11 is 1.12. The molecule has 9 heteroatoms. The van der Waals surface area contributed by atoms with Crippen LogP contribution >= 0.6 is 11.3 Å². The summed E-state index contributed by atoms with van der Waals surface area (Å²) in [6.07, 6.45) is 4.49. The Bertz CT molecular complexity index is 1100. The first-order valence-electron chi connectivity index (χ1n) is 10.2. The van der Waals surface area contributed by atoms with Gasteiger partial charge in [0.05, 0.1) is 11.3 Å². The first-order valence-corrected chi connectivity index (χ1v) is 12.6. The standard InChI is InChI=1S/C21H28N4O3S2/c1-11-17(12(2)19(14-7-8-14)23-18(11)13-5-6-13)24-20(26)25-30(22,28)16-9-15(10-29-16)21(3,4)27/h9-10,13-14,27H,5-8H2,1-4H3,(H3,22,23,24,25,26,28)/t30-/m0/s1. The lowest BCUT2D eigenvalue weighted by atomic mass is 10.0. The van der Waals surface area contributed by atoms with Gasteiger partial charge >= 0.3 is 6.03 Å². The quantitative estimate of drug-likeness (QED) is 0.616. The monoisotopic (exact) mass is 448 g/mol. The van der Waals surface area contributed by atoms with E-state index in [0.717, 1.165) is 59.5 Å². The maximum absolute atomic E-state index is 12.9. The fourth-order valence-corrected chi connectivity index (χ4v) is 5.90. The number of carbonyl (C=O) groups is 1. The van der Waals surface area contributed by atoms with Crippen molar-refractivity contribution in [3.8, 4) is 0 Å². The minimum Gasteiger partial charge on any atom is -0.386 e. The first kappa shape index (κ1) is 21.4. The van der Waals surface area contributed by atoms with Crippen molar-refractivity contribution in [1.29, 1.82) is 0 Å². The highest BCUT2D eigenvalue weighted by Crippen LogP contribution is 2.47. The molecule has 0 spiro atoms. The summed E-state index contributed by atoms with van der Waals surface area (Å²) in [5.74, 6) is 0.918. The van der Waals surface area contributed by atoms with Gasteiger partial charge in [0.25, 0.3) is 0 Å². The molecule has 1 atom stereocenters. The third-order valence-electron chi connectivity index (χ3n) is 5.71. The summed E-state index contributed by atoms with van der Waals surface area (Å²) in [7, 11) is -3.42. The number of nitrogens with two attached hydrogens (primary N) is 1. The molecular weight excluding hydrogens is 420 g/mol. The zero-order valence-electron chi connectivity index (χ0n) is 17.7. The van der Waals surface area contributed by atoms with Gasteiger partial charge in [-0.25, -0.2) is 14.1 Å². The number of pyridine rings is 1. The van der Waals surface area contributed by atoms with E-state index < -0.39 is 21.5 Å². The molecule has 4 N–H and O–H groups in total. The second-order valence-electron chi connectivity index (χ2n) is 8.86. The van der Waals surface area contributed by atoms with Gasteiger partial charge in [-0.2, -0.15) is 0 Å². The molecule has 2 aromatic heterocycles. The van der Waals surface area contributed by atoms with Gasteiger partial charge in [-0.3, -0.25) is 4.98 Å². The van der Waals surface area contributed by atoms with Crippen LogP contribution in [0.3, 0.4) is 0 Å². The summed E-state index contributed by atoms with van der Waals surface area (Å²) in [6, 6.07) is 0.810. The zero-order chi connectivity index (χ0) is 21.8. The molecule has 2 saturated carbocycles. The average Bonchev–Trinajstić information content (AvgIpc) is 3.56. The Morgan fingerprint density at radius 1 is 1.23 bits per heavy atom. The highest BCUT2D eigenvalue weighted by atomic mass is 32.2. The molecule has 2 aliphatic carbocycles. The summed E-state index contributed by atoms with van der Waals surface area (Å²) in [5.41, 5.74) is 4.22. The van der Waals surface area contributed by atoms with Crippen LogP contribution in [0.5, 0.6) is 0 Å². The molecule has 0 aliphatic heterocycles. The van der Waals surface area contributed by atoms with Crippen molar-refractivity contribution in [2.75, 3.05) is 5.32 Å². The van der Waals surface area contributed by atoms with Gasteiger partial charge in [-0.15, -0.1) is 15.7 Å². The average molecular weight is 449 g/mol. The van der Waals surface area contributed by atoms with Crippen molar-refractivity contribution < 1.29 is 14.1 Å². The summed E-state index contributed by atoms with van der Waals surface area (Å²) in [4.78, 5) is 17.6. The number of nitrogens with zero attached hydrogens (tertiary/aromatic N) is 2. The number of anilines is 1. The lowest BCUT2D eigenvalue weighted by molar-refractivity contribution is 0.0789. The Labute approximate surface area is 181 Å². The fraction of sp³-hybridized carbons (Fsp3) is 0.524. The van der Waals surface area contributed by atoms with Crippen molar-refractivity contribution in [2.24, 2.45) is 9.50 Å². The number of aliphatic hydroxyl groups is 1. The van der Waals surface area contributed by atoms with Crippen LogP contribution in [0.4, 0.5) is 10.5 Å². The van der Waals surface area contributed by atoms with Crippen molar-refractivity contribution in [2.45, 2.75) is 75.0 Å². The topological polar surface area (TPSA) is 118 Å². The van der Waals surface area contributed by atoms with Crippen LogP contribution < -0.4 is 10.5 Å². The summed E-state index contributed by atoms with van der Waals surface area (Å²) in [6.45, 7) is 7.19. The van der Waals surface area contributed by atoms with Gasteiger partial charge in [-0.1, -0.05) is 0 Å². The number of amides is 2. The number of thiophene rings is 1. The van der Waals surface area contributed by atoms with Gasteiger partial charge in [0.15, 0.2) is 9.92 Å². The third-order valence-corrected chi connectivity index (χ3v) is 8.57. The lowest BCUT2D eigenvalue weighted by Gasteiger charge is -2.17. The molecule has 2 fully saturated rings. The summed E-state index contributed by atoms with van der Waals surface area (Å²) in [5, 5.41) is 20.5. The van der Waals surface area contributed by atoms with Crippen LogP contribution in [0.2, 0.25) is 0 Å². The molecule has 2 aliphatic rings. The number of urea groups is 1. The molecule has 2 aromatic rings. The highest BCUT2D eigenvalue weighted by molar-refractivity contribution is 7.93. The van der Waals surface area contributed by atoms with Gasteiger partial charge in [0.1, 0.15) is 4.21 Å². The van der Waals surface area contributed by atoms with Gasteiger partial charge in [0, 0.05) is 23.2 Å². The van der Waals surface area contributed by atoms with E-state index in [9.17, 15) is 14.1 Å². The molecule has 0 radical (unpaired) electrons. The maximum atomic E-state index is 12.9. The molecule has 0 saturated heterocycles. The predicted octanol–water partition coefficient (Wildman–Crippen LogP) is 4.67. The molecule has 7 nitrogen and oxygen atoms in total. The molecule has 2 amide bonds. The summed E-state index contributed by atoms with van der Waals surface area (Å²) < 4.78 is 17.0. The third kappa shape index (κ3) is 4.30. The molecule has 0 bridgehead atoms. The van der Waals surface area contributed by atoms with Gasteiger partial charge in [-0.05, 0) is 81.5 Å². The Morgan fingerprint density at radius 3 is 2.20 bits per heavy atom. The minimum absolute atomic E-state index is 0.260. The van der Waals surface area contributed by atoms with Crippen LogP contribution in [-0.2, 0) is 15.5 Å². The van der Waals surface area contributed by atoms with E-state index in [2.05, 4.69) is 9.68 Å². The van der Waals surface area contributed by atoms with E-state index in [0.29, 0.717) is 23.1 Å². The number of rotatable bonds is 5. The molecule has 2 heterocycles. The van der Waals surface area contributed by atoms with Crippen LogP contribution in [-0.4, -0.2) is 20.3 Å². The van der Waals surface area contributed by atoms with Crippen LogP contribution in [0.1, 0.15) is 79.4 Å². The lowest BCUT2D eigenvalue weighted by Crippen LogP contribution is -2.19. The van der Waals surface area contributed by atoms with E-state index in [1.54, 1.807) is 25.3 Å². The van der Waals surface area contributed by atoms with Gasteiger partial charge < -0.3 is 10.4 Å². The van der Waals surface area contributed by atoms with Crippen LogP contribution in [0.25, 0.3) is 0 Å². The van der Waals surface area contributed by atoms with E-state index in [-0.39, 0.29) is 4.21 Å². The molecule has 0 unspecified atom stereocenters. The van der Waals surface area contributed by atoms with Crippen LogP contribution in [0.15, 0.2) is 20.0 Å². The first-order chi connectivity index (χ1) is 14.0. The molecule has 0 aromatic carbocycles. The van der Waals surface area contributed by atoms with Crippen molar-refractivity contribution in [1.82, 2.24) is 4.98 Å². The number of nitrogens with one attached hydrogen (secondary N) is 1. The smallest absolute Gasteiger partial charge is 0.354 e. The van der Waals surface area contributed by atoms with E-state index in [4.69, 9.17) is 10.1 Å². The fourth-order valence-electron chi connectivity index (χ4n) is 3.62. The Kier molecular flexibility index (Phi) is 5.29. The van der Waals surface area contributed by atoms with Crippen molar-refractivity contribution in [3.63, 3.8) is 0 Å². The second-order valence-corrected chi connectivity index (χ2v) is 11.8. The number of carbonyl (C=O) groups excluding carboxylic acids is 1. The molecular formula is C21H28N4O3S2. The largest absolute Gasteiger partial charge is 0.386 e. The normalized spacial score (nSPS) is 18.7. The molecule has 30 heavy (non-hydrogen) atoms. The van der Waals surface area contributed by atoms with Crippen molar-refractivity contribution >= 4 is 33.0 Å². The van der Waals surface area contributed by atoms with Crippen molar-refractivity contribution in [3.05, 3.63) is 39.5 Å². The van der Waals surface area contributed by atoms with Crippen LogP contribution in [0, 0.1) is 13.8 Å². The Morgan fingerprint density at radius 2 is 1.77 bits per heavy atom. The van der Waals surface area contributed by atoms with E-state index in [1.165, 1.54) is 0 Å². The van der Waals surface area contributed by atoms with E-state index in [1.807, 2.05) is 13.8 Å². The zero-order valence-corrected chi connectivity index (χ0v) is 19.3. The molecule has 162 valence electrons. The molecule has 4 rings (SSSR count). The number of hydrogen-bond donors (Lipinski definition) is 3. The number of aromatic nitrogens is 1. The predicted molar refractivity (Wildman–Crippen MR) is 119 cm³/mol. The Hall–Kier alpha value is -1.81. The van der Waals surface area contributed by atoms with Gasteiger partial charge in [0.2, 0.25) is 0 Å². The maximum Gasteiger partial charge on any atom is 0.354 e. The van der Waals surface area contributed by atoms with E-state index >= 15 is 0 Å². The SMILES string of the molecule is Cc1c(C2CC2)nc(C2CC2)c(C)c1NC(=O)N=[S@](N)(=O)c1cc(C(C)(C)O)cs1. The Balaban J connectivity index is 1.65.